The van der Waals surface area contributed by atoms with E-state index in [0.717, 1.165) is 6.42 Å². The highest BCUT2D eigenvalue weighted by Gasteiger charge is 2.19. The number of hydrogen-bond donors (Lipinski definition) is 0. The Balaban J connectivity index is 1.76. The minimum atomic E-state index is 0.110. The third-order valence-corrected chi connectivity index (χ3v) is 3.77. The average Bonchev–Trinajstić information content (AvgIpc) is 3.04. The lowest BCUT2D eigenvalue weighted by atomic mass is 10.0. The van der Waals surface area contributed by atoms with Crippen LogP contribution in [0.25, 0.3) is 0 Å². The molecule has 1 atom stereocenters. The number of ether oxygens (including phenoxy) is 1. The van der Waals surface area contributed by atoms with Crippen molar-refractivity contribution in [2.45, 2.75) is 32.0 Å². The van der Waals surface area contributed by atoms with E-state index >= 15 is 0 Å². The van der Waals surface area contributed by atoms with Crippen molar-refractivity contribution in [2.75, 3.05) is 0 Å². The second-order valence-electron chi connectivity index (χ2n) is 5.26. The van der Waals surface area contributed by atoms with Crippen LogP contribution in [0.1, 0.15) is 36.5 Å². The van der Waals surface area contributed by atoms with Crippen LogP contribution in [-0.4, -0.2) is 0 Å². The Kier molecular flexibility index (Phi) is 4.29. The Labute approximate surface area is 120 Å². The molecule has 1 aliphatic carbocycles. The molecule has 102 valence electrons. The van der Waals surface area contributed by atoms with Gasteiger partial charge in [0.1, 0.15) is 6.10 Å². The first-order valence-electron chi connectivity index (χ1n) is 7.33. The topological polar surface area (TPSA) is 9.23 Å². The fraction of sp³-hybridized carbons (Fsp3) is 0.263. The molecule has 3 rings (SSSR count). The molecule has 0 aromatic heterocycles. The maximum atomic E-state index is 6.23. The van der Waals surface area contributed by atoms with Crippen LogP contribution in [0.5, 0.6) is 0 Å². The Morgan fingerprint density at radius 3 is 2.25 bits per heavy atom. The van der Waals surface area contributed by atoms with E-state index in [1.165, 1.54) is 29.5 Å². The molecular weight excluding hydrogens is 244 g/mol. The van der Waals surface area contributed by atoms with Gasteiger partial charge in [0.25, 0.3) is 0 Å². The molecule has 1 unspecified atom stereocenters. The van der Waals surface area contributed by atoms with Crippen molar-refractivity contribution in [1.82, 2.24) is 0 Å². The second kappa shape index (κ2) is 6.53. The van der Waals surface area contributed by atoms with Crippen LogP contribution in [0.15, 0.2) is 72.3 Å². The van der Waals surface area contributed by atoms with E-state index in [-0.39, 0.29) is 6.10 Å². The molecule has 0 saturated heterocycles. The normalized spacial score (nSPS) is 15.9. The summed E-state index contributed by atoms with van der Waals surface area (Å²) in [7, 11) is 0. The molecule has 0 spiro atoms. The number of allylic oxidation sites excluding steroid dienone is 1. The number of benzene rings is 2. The van der Waals surface area contributed by atoms with Gasteiger partial charge in [-0.15, -0.1) is 0 Å². The Hall–Kier alpha value is -1.86. The first-order valence-corrected chi connectivity index (χ1v) is 7.33. The summed E-state index contributed by atoms with van der Waals surface area (Å²) in [6, 6.07) is 20.9. The lowest BCUT2D eigenvalue weighted by Crippen LogP contribution is -2.06. The highest BCUT2D eigenvalue weighted by Crippen LogP contribution is 2.34. The van der Waals surface area contributed by atoms with Gasteiger partial charge in [-0.2, -0.15) is 0 Å². The summed E-state index contributed by atoms with van der Waals surface area (Å²) in [6.07, 6.45) is 6.07. The predicted octanol–water partition coefficient (Wildman–Crippen LogP) is 5.05. The summed E-state index contributed by atoms with van der Waals surface area (Å²) in [6.45, 7) is 0.664. The van der Waals surface area contributed by atoms with Gasteiger partial charge in [-0.05, 0) is 36.0 Å². The van der Waals surface area contributed by atoms with E-state index in [4.69, 9.17) is 4.74 Å². The SMILES string of the molecule is C1=C(C(OCc2ccccc2)c2ccccc2)CCC1. The molecule has 0 radical (unpaired) electrons. The Morgan fingerprint density at radius 2 is 1.60 bits per heavy atom. The van der Waals surface area contributed by atoms with Crippen molar-refractivity contribution < 1.29 is 4.74 Å². The fourth-order valence-corrected chi connectivity index (χ4v) is 2.73. The highest BCUT2D eigenvalue weighted by molar-refractivity contribution is 5.28. The first-order chi connectivity index (χ1) is 9.93. The van der Waals surface area contributed by atoms with Gasteiger partial charge < -0.3 is 4.74 Å². The van der Waals surface area contributed by atoms with Gasteiger partial charge in [-0.25, -0.2) is 0 Å². The summed E-state index contributed by atoms with van der Waals surface area (Å²) in [5, 5.41) is 0. The summed E-state index contributed by atoms with van der Waals surface area (Å²) in [5.74, 6) is 0. The standard InChI is InChI=1S/C19H20O/c1-3-9-16(10-4-1)15-20-19(18-13-7-8-14-18)17-11-5-2-6-12-17/h1-6,9-13,19H,7-8,14-15H2. The minimum absolute atomic E-state index is 0.110. The van der Waals surface area contributed by atoms with E-state index < -0.39 is 0 Å². The fourth-order valence-electron chi connectivity index (χ4n) is 2.73. The molecule has 0 bridgehead atoms. The molecule has 0 fully saturated rings. The summed E-state index contributed by atoms with van der Waals surface area (Å²) in [5.41, 5.74) is 3.93. The smallest absolute Gasteiger partial charge is 0.104 e. The molecule has 20 heavy (non-hydrogen) atoms. The zero-order valence-electron chi connectivity index (χ0n) is 11.7. The molecule has 0 aliphatic heterocycles. The predicted molar refractivity (Wildman–Crippen MR) is 82.3 cm³/mol. The molecule has 1 nitrogen and oxygen atoms in total. The van der Waals surface area contributed by atoms with Gasteiger partial charge in [0.05, 0.1) is 6.61 Å². The van der Waals surface area contributed by atoms with E-state index in [1.807, 2.05) is 6.07 Å². The highest BCUT2D eigenvalue weighted by atomic mass is 16.5. The van der Waals surface area contributed by atoms with Crippen molar-refractivity contribution >= 4 is 0 Å². The van der Waals surface area contributed by atoms with Crippen molar-refractivity contribution in [1.29, 1.82) is 0 Å². The van der Waals surface area contributed by atoms with Crippen LogP contribution in [0, 0.1) is 0 Å². The van der Waals surface area contributed by atoms with Crippen LogP contribution >= 0.6 is 0 Å². The zero-order chi connectivity index (χ0) is 13.6. The molecule has 1 heteroatoms. The van der Waals surface area contributed by atoms with Crippen molar-refractivity contribution in [3.05, 3.63) is 83.4 Å². The van der Waals surface area contributed by atoms with Crippen LogP contribution in [0.3, 0.4) is 0 Å². The maximum Gasteiger partial charge on any atom is 0.104 e. The molecular formula is C19H20O. The first kappa shape index (κ1) is 13.1. The van der Waals surface area contributed by atoms with E-state index in [2.05, 4.69) is 60.7 Å². The van der Waals surface area contributed by atoms with Gasteiger partial charge in [-0.1, -0.05) is 66.7 Å². The van der Waals surface area contributed by atoms with Crippen molar-refractivity contribution in [3.63, 3.8) is 0 Å². The summed E-state index contributed by atoms with van der Waals surface area (Å²) >= 11 is 0. The van der Waals surface area contributed by atoms with Crippen LogP contribution in [0.2, 0.25) is 0 Å². The summed E-state index contributed by atoms with van der Waals surface area (Å²) < 4.78 is 6.23. The second-order valence-corrected chi connectivity index (χ2v) is 5.26. The molecule has 2 aromatic carbocycles. The number of hydrogen-bond acceptors (Lipinski definition) is 1. The summed E-state index contributed by atoms with van der Waals surface area (Å²) in [4.78, 5) is 0. The average molecular weight is 264 g/mol. The van der Waals surface area contributed by atoms with E-state index in [0.29, 0.717) is 6.61 Å². The molecule has 0 amide bonds. The quantitative estimate of drug-likeness (QED) is 0.686. The lowest BCUT2D eigenvalue weighted by molar-refractivity contribution is 0.0625. The third-order valence-electron chi connectivity index (χ3n) is 3.77. The van der Waals surface area contributed by atoms with Gasteiger partial charge in [0.2, 0.25) is 0 Å². The van der Waals surface area contributed by atoms with Gasteiger partial charge in [-0.3, -0.25) is 0 Å². The van der Waals surface area contributed by atoms with E-state index in [1.54, 1.807) is 0 Å². The van der Waals surface area contributed by atoms with Crippen molar-refractivity contribution in [2.24, 2.45) is 0 Å². The Morgan fingerprint density at radius 1 is 0.900 bits per heavy atom. The van der Waals surface area contributed by atoms with E-state index in [9.17, 15) is 0 Å². The molecule has 0 heterocycles. The third kappa shape index (κ3) is 3.17. The van der Waals surface area contributed by atoms with Gasteiger partial charge in [0, 0.05) is 0 Å². The van der Waals surface area contributed by atoms with Crippen LogP contribution in [-0.2, 0) is 11.3 Å². The van der Waals surface area contributed by atoms with Crippen LogP contribution < -0.4 is 0 Å². The largest absolute Gasteiger partial charge is 0.364 e. The molecule has 0 saturated carbocycles. The van der Waals surface area contributed by atoms with Gasteiger partial charge >= 0.3 is 0 Å². The zero-order valence-corrected chi connectivity index (χ0v) is 11.7. The lowest BCUT2D eigenvalue weighted by Gasteiger charge is -2.20. The minimum Gasteiger partial charge on any atom is -0.364 e. The number of rotatable bonds is 5. The molecule has 0 N–H and O–H groups in total. The van der Waals surface area contributed by atoms with Crippen LogP contribution in [0.4, 0.5) is 0 Å². The molecule has 1 aliphatic rings. The maximum absolute atomic E-state index is 6.23. The monoisotopic (exact) mass is 264 g/mol. The molecule has 2 aromatic rings. The Bertz CT molecular complexity index is 557. The van der Waals surface area contributed by atoms with Crippen molar-refractivity contribution in [3.8, 4) is 0 Å². The van der Waals surface area contributed by atoms with Gasteiger partial charge in [0.15, 0.2) is 0 Å².